The van der Waals surface area contributed by atoms with Crippen LogP contribution in [0.25, 0.3) is 0 Å². The Bertz CT molecular complexity index is 354. The molecule has 102 valence electrons. The Kier molecular flexibility index (Phi) is 7.11. The second kappa shape index (κ2) is 8.36. The summed E-state index contributed by atoms with van der Waals surface area (Å²) in [4.78, 5) is 4.40. The van der Waals surface area contributed by atoms with E-state index >= 15 is 0 Å². The predicted molar refractivity (Wildman–Crippen MR) is 77.3 cm³/mol. The van der Waals surface area contributed by atoms with Crippen molar-refractivity contribution in [2.45, 2.75) is 52.3 Å². The van der Waals surface area contributed by atoms with Gasteiger partial charge in [0.2, 0.25) is 0 Å². The van der Waals surface area contributed by atoms with E-state index in [4.69, 9.17) is 16.3 Å². The van der Waals surface area contributed by atoms with E-state index in [1.54, 1.807) is 0 Å². The highest BCUT2D eigenvalue weighted by atomic mass is 35.5. The number of pyridine rings is 1. The smallest absolute Gasteiger partial charge is 0.142 e. The van der Waals surface area contributed by atoms with Gasteiger partial charge in [-0.3, -0.25) is 4.98 Å². The van der Waals surface area contributed by atoms with Gasteiger partial charge in [-0.1, -0.05) is 33.1 Å². The molecular formula is C15H24ClNO. The van der Waals surface area contributed by atoms with Crippen molar-refractivity contribution in [2.24, 2.45) is 5.92 Å². The van der Waals surface area contributed by atoms with Crippen LogP contribution in [0.3, 0.4) is 0 Å². The van der Waals surface area contributed by atoms with E-state index in [0.717, 1.165) is 30.2 Å². The summed E-state index contributed by atoms with van der Waals surface area (Å²) in [5.41, 5.74) is 1.83. The fourth-order valence-electron chi connectivity index (χ4n) is 1.93. The van der Waals surface area contributed by atoms with Crippen LogP contribution in [0.15, 0.2) is 12.1 Å². The Morgan fingerprint density at radius 2 is 2.11 bits per heavy atom. The van der Waals surface area contributed by atoms with Crippen LogP contribution in [0.4, 0.5) is 0 Å². The largest absolute Gasteiger partial charge is 0.491 e. The maximum absolute atomic E-state index is 5.89. The normalized spacial score (nSPS) is 12.4. The molecule has 0 spiro atoms. The van der Waals surface area contributed by atoms with Crippen LogP contribution in [0.1, 0.15) is 50.9 Å². The minimum absolute atomic E-state index is 0.406. The summed E-state index contributed by atoms with van der Waals surface area (Å²) in [5, 5.41) is 0. The second-order valence-electron chi connectivity index (χ2n) is 4.76. The Hall–Kier alpha value is -0.760. The number of hydrogen-bond acceptors (Lipinski definition) is 2. The minimum Gasteiger partial charge on any atom is -0.491 e. The number of alkyl halides is 1. The van der Waals surface area contributed by atoms with Crippen molar-refractivity contribution < 1.29 is 4.74 Å². The van der Waals surface area contributed by atoms with Gasteiger partial charge in [-0.2, -0.15) is 0 Å². The zero-order valence-corrected chi connectivity index (χ0v) is 12.5. The Labute approximate surface area is 116 Å². The van der Waals surface area contributed by atoms with Gasteiger partial charge in [-0.05, 0) is 31.4 Å². The maximum atomic E-state index is 5.89. The summed E-state index contributed by atoms with van der Waals surface area (Å²) >= 11 is 5.89. The molecule has 0 radical (unpaired) electrons. The maximum Gasteiger partial charge on any atom is 0.142 e. The number of nitrogens with zero attached hydrogens (tertiary/aromatic N) is 1. The van der Waals surface area contributed by atoms with E-state index in [2.05, 4.69) is 18.8 Å². The Morgan fingerprint density at radius 3 is 2.72 bits per heavy atom. The molecule has 1 aromatic heterocycles. The highest BCUT2D eigenvalue weighted by molar-refractivity contribution is 6.17. The molecule has 0 bridgehead atoms. The van der Waals surface area contributed by atoms with Crippen molar-refractivity contribution >= 4 is 11.6 Å². The van der Waals surface area contributed by atoms with Crippen molar-refractivity contribution in [1.82, 2.24) is 4.98 Å². The van der Waals surface area contributed by atoms with Crippen molar-refractivity contribution in [3.05, 3.63) is 23.5 Å². The zero-order valence-electron chi connectivity index (χ0n) is 11.7. The molecule has 1 unspecified atom stereocenters. The molecule has 3 heteroatoms. The van der Waals surface area contributed by atoms with E-state index in [-0.39, 0.29) is 0 Å². The van der Waals surface area contributed by atoms with Gasteiger partial charge in [0.15, 0.2) is 0 Å². The Morgan fingerprint density at radius 1 is 1.33 bits per heavy atom. The first-order valence-electron chi connectivity index (χ1n) is 6.86. The van der Waals surface area contributed by atoms with Gasteiger partial charge in [0, 0.05) is 5.69 Å². The van der Waals surface area contributed by atoms with E-state index in [1.165, 1.54) is 19.3 Å². The molecule has 1 heterocycles. The quantitative estimate of drug-likeness (QED) is 0.637. The van der Waals surface area contributed by atoms with Gasteiger partial charge in [0.05, 0.1) is 18.2 Å². The lowest BCUT2D eigenvalue weighted by Gasteiger charge is -2.16. The fourth-order valence-corrected chi connectivity index (χ4v) is 2.12. The molecular weight excluding hydrogens is 246 g/mol. The van der Waals surface area contributed by atoms with Gasteiger partial charge < -0.3 is 4.74 Å². The lowest BCUT2D eigenvalue weighted by atomic mass is 10.0. The van der Waals surface area contributed by atoms with Crippen molar-refractivity contribution in [2.75, 3.05) is 6.61 Å². The third-order valence-electron chi connectivity index (χ3n) is 3.22. The Balaban J connectivity index is 2.56. The van der Waals surface area contributed by atoms with Crippen molar-refractivity contribution in [1.29, 1.82) is 0 Å². The van der Waals surface area contributed by atoms with Gasteiger partial charge in [-0.15, -0.1) is 11.6 Å². The summed E-state index contributed by atoms with van der Waals surface area (Å²) < 4.78 is 5.89. The van der Waals surface area contributed by atoms with E-state index in [0.29, 0.717) is 11.8 Å². The average Bonchev–Trinajstić information content (AvgIpc) is 2.40. The number of hydrogen-bond donors (Lipinski definition) is 0. The summed E-state index contributed by atoms with van der Waals surface area (Å²) in [6.07, 6.45) is 4.92. The van der Waals surface area contributed by atoms with Gasteiger partial charge in [0.1, 0.15) is 5.75 Å². The molecule has 1 aromatic rings. The van der Waals surface area contributed by atoms with Crippen LogP contribution in [0.2, 0.25) is 0 Å². The van der Waals surface area contributed by atoms with Crippen LogP contribution in [0, 0.1) is 12.8 Å². The van der Waals surface area contributed by atoms with Crippen LogP contribution in [-0.2, 0) is 5.88 Å². The number of halogens is 1. The molecule has 1 atom stereocenters. The first-order valence-corrected chi connectivity index (χ1v) is 7.39. The highest BCUT2D eigenvalue weighted by Crippen LogP contribution is 2.21. The fraction of sp³-hybridized carbons (Fsp3) is 0.667. The summed E-state index contributed by atoms with van der Waals surface area (Å²) in [6, 6.07) is 3.95. The molecule has 0 saturated carbocycles. The molecule has 0 aliphatic carbocycles. The number of aryl methyl sites for hydroxylation is 1. The number of ether oxygens (including phenoxy) is 1. The van der Waals surface area contributed by atoms with Crippen LogP contribution in [0.5, 0.6) is 5.75 Å². The summed E-state index contributed by atoms with van der Waals surface area (Å²) in [5.74, 6) is 1.88. The molecule has 0 N–H and O–H groups in total. The minimum atomic E-state index is 0.406. The van der Waals surface area contributed by atoms with E-state index in [9.17, 15) is 0 Å². The monoisotopic (exact) mass is 269 g/mol. The van der Waals surface area contributed by atoms with Crippen LogP contribution >= 0.6 is 11.6 Å². The first kappa shape index (κ1) is 15.3. The lowest BCUT2D eigenvalue weighted by molar-refractivity contribution is 0.231. The predicted octanol–water partition coefficient (Wildman–Crippen LogP) is 4.72. The van der Waals surface area contributed by atoms with Gasteiger partial charge in [-0.25, -0.2) is 0 Å². The molecule has 1 rings (SSSR count). The summed E-state index contributed by atoms with van der Waals surface area (Å²) in [7, 11) is 0. The molecule has 0 aromatic carbocycles. The zero-order chi connectivity index (χ0) is 13.4. The van der Waals surface area contributed by atoms with Crippen molar-refractivity contribution in [3.63, 3.8) is 0 Å². The standard InChI is InChI=1S/C15H24ClNO/c1-4-6-7-13(5-2)11-18-15-9-8-12(3)17-14(15)10-16/h8-9,13H,4-7,10-11H2,1-3H3. The first-order chi connectivity index (χ1) is 8.71. The molecule has 0 amide bonds. The highest BCUT2D eigenvalue weighted by Gasteiger charge is 2.10. The van der Waals surface area contributed by atoms with E-state index in [1.807, 2.05) is 19.1 Å². The lowest BCUT2D eigenvalue weighted by Crippen LogP contribution is -2.12. The van der Waals surface area contributed by atoms with Crippen LogP contribution < -0.4 is 4.74 Å². The van der Waals surface area contributed by atoms with E-state index < -0.39 is 0 Å². The van der Waals surface area contributed by atoms with Crippen LogP contribution in [-0.4, -0.2) is 11.6 Å². The third-order valence-corrected chi connectivity index (χ3v) is 3.47. The molecule has 0 saturated heterocycles. The molecule has 0 aliphatic heterocycles. The van der Waals surface area contributed by atoms with Crippen molar-refractivity contribution in [3.8, 4) is 5.75 Å². The molecule has 18 heavy (non-hydrogen) atoms. The SMILES string of the molecule is CCCCC(CC)COc1ccc(C)nc1CCl. The van der Waals surface area contributed by atoms with Gasteiger partial charge in [0.25, 0.3) is 0 Å². The second-order valence-corrected chi connectivity index (χ2v) is 5.03. The average molecular weight is 270 g/mol. The number of unbranched alkanes of at least 4 members (excludes halogenated alkanes) is 1. The summed E-state index contributed by atoms with van der Waals surface area (Å²) in [6.45, 7) is 7.18. The molecule has 0 fully saturated rings. The molecule has 2 nitrogen and oxygen atoms in total. The number of rotatable bonds is 8. The number of aromatic nitrogens is 1. The molecule has 0 aliphatic rings. The third kappa shape index (κ3) is 4.85. The topological polar surface area (TPSA) is 22.1 Å². The van der Waals surface area contributed by atoms with Gasteiger partial charge >= 0.3 is 0 Å².